The quantitative estimate of drug-likeness (QED) is 0.483. The summed E-state index contributed by atoms with van der Waals surface area (Å²) in [5.41, 5.74) is 1.33. The lowest BCUT2D eigenvalue weighted by Gasteiger charge is -2.26. The number of carboxylic acid groups (broad SMARTS) is 1. The van der Waals surface area contributed by atoms with E-state index in [-0.39, 0.29) is 41.4 Å². The predicted octanol–water partition coefficient (Wildman–Crippen LogP) is 2.12. The van der Waals surface area contributed by atoms with Crippen molar-refractivity contribution in [2.24, 2.45) is 11.8 Å². The molecule has 10 nitrogen and oxygen atoms in total. The number of nitrogens with one attached hydrogen (secondary N) is 2. The van der Waals surface area contributed by atoms with Crippen LogP contribution in [0.3, 0.4) is 0 Å². The monoisotopic (exact) mass is 468 g/mol. The molecule has 2 amide bonds. The van der Waals surface area contributed by atoms with E-state index in [0.29, 0.717) is 24.9 Å². The summed E-state index contributed by atoms with van der Waals surface area (Å²) in [6, 6.07) is 5.92. The van der Waals surface area contributed by atoms with Crippen molar-refractivity contribution in [3.8, 4) is 0 Å². The van der Waals surface area contributed by atoms with Crippen molar-refractivity contribution in [1.82, 2.24) is 30.2 Å². The molecule has 0 aliphatic heterocycles. The Labute approximate surface area is 194 Å². The third kappa shape index (κ3) is 5.19. The Hall–Kier alpha value is -3.89. The lowest BCUT2D eigenvalue weighted by atomic mass is 9.82. The van der Waals surface area contributed by atoms with Gasteiger partial charge in [0.25, 0.3) is 17.6 Å². The number of carbonyl (C=O) groups excluding carboxylic acids is 2. The van der Waals surface area contributed by atoms with Gasteiger partial charge in [0.15, 0.2) is 0 Å². The number of rotatable bonds is 7. The highest BCUT2D eigenvalue weighted by molar-refractivity contribution is 5.98. The van der Waals surface area contributed by atoms with Crippen molar-refractivity contribution in [2.45, 2.75) is 39.2 Å². The maximum absolute atomic E-state index is 13.5. The third-order valence-electron chi connectivity index (χ3n) is 6.14. The SMILES string of the molecule is Cc1cc(CNC(=O)c2cc(C(=O)NCC3CCC(C(=O)O)CC3)n3ncnc3n2)ccc1F. The van der Waals surface area contributed by atoms with Crippen molar-refractivity contribution in [3.63, 3.8) is 0 Å². The normalized spacial score (nSPS) is 17.9. The molecule has 1 aliphatic rings. The van der Waals surface area contributed by atoms with Gasteiger partial charge in [0.05, 0.1) is 5.92 Å². The van der Waals surface area contributed by atoms with Gasteiger partial charge in [0.1, 0.15) is 23.5 Å². The molecule has 1 fully saturated rings. The van der Waals surface area contributed by atoms with Crippen molar-refractivity contribution in [1.29, 1.82) is 0 Å². The number of aromatic nitrogens is 4. The van der Waals surface area contributed by atoms with E-state index in [1.807, 2.05) is 0 Å². The van der Waals surface area contributed by atoms with E-state index in [0.717, 1.165) is 18.4 Å². The fourth-order valence-electron chi connectivity index (χ4n) is 4.12. The van der Waals surface area contributed by atoms with Crippen molar-refractivity contribution in [3.05, 3.63) is 58.9 Å². The minimum atomic E-state index is -0.770. The zero-order chi connectivity index (χ0) is 24.2. The van der Waals surface area contributed by atoms with Crippen LogP contribution in [0.4, 0.5) is 4.39 Å². The number of aliphatic carboxylic acids is 1. The van der Waals surface area contributed by atoms with E-state index in [4.69, 9.17) is 5.11 Å². The molecule has 3 aromatic rings. The first-order valence-corrected chi connectivity index (χ1v) is 11.1. The van der Waals surface area contributed by atoms with Crippen LogP contribution in [0.1, 0.15) is 57.8 Å². The summed E-state index contributed by atoms with van der Waals surface area (Å²) < 4.78 is 14.7. The van der Waals surface area contributed by atoms with Crippen LogP contribution in [0.5, 0.6) is 0 Å². The number of halogens is 1. The molecule has 2 aromatic heterocycles. The molecule has 178 valence electrons. The van der Waals surface area contributed by atoms with Crippen LogP contribution in [0.25, 0.3) is 5.78 Å². The maximum Gasteiger partial charge on any atom is 0.306 e. The highest BCUT2D eigenvalue weighted by Gasteiger charge is 2.26. The number of hydrogen-bond donors (Lipinski definition) is 3. The maximum atomic E-state index is 13.5. The van der Waals surface area contributed by atoms with E-state index in [2.05, 4.69) is 25.7 Å². The van der Waals surface area contributed by atoms with Crippen LogP contribution in [0.2, 0.25) is 0 Å². The molecule has 2 heterocycles. The van der Waals surface area contributed by atoms with Gasteiger partial charge in [-0.2, -0.15) is 14.6 Å². The average molecular weight is 468 g/mol. The van der Waals surface area contributed by atoms with Crippen LogP contribution < -0.4 is 10.6 Å². The Balaban J connectivity index is 1.43. The molecule has 0 radical (unpaired) electrons. The second-order valence-electron chi connectivity index (χ2n) is 8.53. The highest BCUT2D eigenvalue weighted by atomic mass is 19.1. The molecule has 1 aromatic carbocycles. The van der Waals surface area contributed by atoms with Gasteiger partial charge in [-0.3, -0.25) is 14.4 Å². The molecule has 3 N–H and O–H groups in total. The number of carbonyl (C=O) groups is 3. The molecule has 0 unspecified atom stereocenters. The largest absolute Gasteiger partial charge is 0.481 e. The van der Waals surface area contributed by atoms with Gasteiger partial charge in [-0.1, -0.05) is 12.1 Å². The molecule has 11 heteroatoms. The molecule has 0 spiro atoms. The average Bonchev–Trinajstić information content (AvgIpc) is 3.31. The molecule has 0 saturated heterocycles. The second kappa shape index (κ2) is 9.94. The lowest BCUT2D eigenvalue weighted by molar-refractivity contribution is -0.143. The minimum Gasteiger partial charge on any atom is -0.481 e. The first-order valence-electron chi connectivity index (χ1n) is 11.1. The third-order valence-corrected chi connectivity index (χ3v) is 6.14. The fraction of sp³-hybridized carbons (Fsp3) is 0.391. The van der Waals surface area contributed by atoms with Crippen LogP contribution in [0, 0.1) is 24.6 Å². The fourth-order valence-corrected chi connectivity index (χ4v) is 4.12. The molecule has 4 rings (SSSR count). The van der Waals surface area contributed by atoms with Gasteiger partial charge >= 0.3 is 5.97 Å². The minimum absolute atomic E-state index is 0.00597. The van der Waals surface area contributed by atoms with Crippen molar-refractivity contribution >= 4 is 23.6 Å². The second-order valence-corrected chi connectivity index (χ2v) is 8.53. The smallest absolute Gasteiger partial charge is 0.306 e. The number of hydrogen-bond acceptors (Lipinski definition) is 6. The van der Waals surface area contributed by atoms with Gasteiger partial charge in [-0.15, -0.1) is 0 Å². The number of benzene rings is 1. The van der Waals surface area contributed by atoms with Crippen LogP contribution in [-0.4, -0.2) is 49.0 Å². The molecular formula is C23H25FN6O4. The van der Waals surface area contributed by atoms with Gasteiger partial charge in [0, 0.05) is 19.2 Å². The van der Waals surface area contributed by atoms with E-state index < -0.39 is 17.8 Å². The first kappa shape index (κ1) is 23.3. The summed E-state index contributed by atoms with van der Waals surface area (Å²) >= 11 is 0. The lowest BCUT2D eigenvalue weighted by Crippen LogP contribution is -2.34. The van der Waals surface area contributed by atoms with Crippen LogP contribution >= 0.6 is 0 Å². The summed E-state index contributed by atoms with van der Waals surface area (Å²) in [6.07, 6.45) is 3.88. The standard InChI is InChI=1S/C23H25FN6O4/c1-13-8-15(4-7-17(13)24)11-25-20(31)18-9-19(30-23(29-18)27-12-28-30)21(32)26-10-14-2-5-16(6-3-14)22(33)34/h4,7-9,12,14,16H,2-3,5-6,10-11H2,1H3,(H,25,31)(H,26,32)(H,33,34). The van der Waals surface area contributed by atoms with E-state index >= 15 is 0 Å². The Bertz CT molecular complexity index is 1240. The Morgan fingerprint density at radius 1 is 1.12 bits per heavy atom. The highest BCUT2D eigenvalue weighted by Crippen LogP contribution is 2.28. The predicted molar refractivity (Wildman–Crippen MR) is 119 cm³/mol. The summed E-state index contributed by atoms with van der Waals surface area (Å²) in [4.78, 5) is 44.9. The number of fused-ring (bicyclic) bond motifs is 1. The summed E-state index contributed by atoms with van der Waals surface area (Å²) in [5, 5.41) is 18.7. The Kier molecular flexibility index (Phi) is 6.80. The van der Waals surface area contributed by atoms with E-state index in [1.165, 1.54) is 23.0 Å². The van der Waals surface area contributed by atoms with Crippen molar-refractivity contribution < 1.29 is 23.9 Å². The van der Waals surface area contributed by atoms with Crippen LogP contribution in [0.15, 0.2) is 30.6 Å². The molecule has 0 bridgehead atoms. The Morgan fingerprint density at radius 2 is 1.88 bits per heavy atom. The van der Waals surface area contributed by atoms with Crippen molar-refractivity contribution in [2.75, 3.05) is 6.54 Å². The summed E-state index contributed by atoms with van der Waals surface area (Å²) in [6.45, 7) is 2.21. The van der Waals surface area contributed by atoms with E-state index in [1.54, 1.807) is 19.1 Å². The summed E-state index contributed by atoms with van der Waals surface area (Å²) in [5.74, 6) is -2.04. The summed E-state index contributed by atoms with van der Waals surface area (Å²) in [7, 11) is 0. The Morgan fingerprint density at radius 3 is 2.59 bits per heavy atom. The number of aryl methyl sites for hydroxylation is 1. The zero-order valence-corrected chi connectivity index (χ0v) is 18.6. The molecular weight excluding hydrogens is 443 g/mol. The zero-order valence-electron chi connectivity index (χ0n) is 18.6. The van der Waals surface area contributed by atoms with Gasteiger partial charge < -0.3 is 15.7 Å². The number of amides is 2. The van der Waals surface area contributed by atoms with Gasteiger partial charge in [-0.05, 0) is 55.7 Å². The van der Waals surface area contributed by atoms with E-state index in [9.17, 15) is 18.8 Å². The molecule has 34 heavy (non-hydrogen) atoms. The molecule has 1 aliphatic carbocycles. The van der Waals surface area contributed by atoms with Gasteiger partial charge in [-0.25, -0.2) is 9.37 Å². The number of carboxylic acids is 1. The topological polar surface area (TPSA) is 139 Å². The first-order chi connectivity index (χ1) is 16.3. The molecule has 0 atom stereocenters. The van der Waals surface area contributed by atoms with Gasteiger partial charge in [0.2, 0.25) is 0 Å². The number of nitrogens with zero attached hydrogens (tertiary/aromatic N) is 4. The molecule has 1 saturated carbocycles. The van der Waals surface area contributed by atoms with Crippen LogP contribution in [-0.2, 0) is 11.3 Å².